The lowest BCUT2D eigenvalue weighted by Gasteiger charge is -2.35. The molecule has 1 aromatic rings. The molecular weight excluding hydrogens is 314 g/mol. The van der Waals surface area contributed by atoms with Crippen LogP contribution in [0, 0.1) is 0 Å². The van der Waals surface area contributed by atoms with Crippen molar-refractivity contribution < 1.29 is 4.79 Å². The lowest BCUT2D eigenvalue weighted by Crippen LogP contribution is -2.47. The summed E-state index contributed by atoms with van der Waals surface area (Å²) in [7, 11) is 2.09. The fourth-order valence-electron chi connectivity index (χ4n) is 2.13. The molecule has 1 unspecified atom stereocenters. The van der Waals surface area contributed by atoms with Crippen LogP contribution in [-0.4, -0.2) is 41.5 Å². The summed E-state index contributed by atoms with van der Waals surface area (Å²) in [5.74, 6) is -0.0805. The number of nitrogens with zero attached hydrogens (tertiary/aromatic N) is 2. The van der Waals surface area contributed by atoms with Crippen LogP contribution in [-0.2, 0) is 0 Å². The third-order valence-corrected chi connectivity index (χ3v) is 4.75. The number of piperidine rings is 1. The van der Waals surface area contributed by atoms with E-state index in [-0.39, 0.29) is 11.9 Å². The Morgan fingerprint density at radius 3 is 3.17 bits per heavy atom. The van der Waals surface area contributed by atoms with E-state index in [1.165, 1.54) is 11.3 Å². The lowest BCUT2D eigenvalue weighted by atomic mass is 9.98. The number of carbonyl (C=O) groups excluding carboxylic acids is 1. The summed E-state index contributed by atoms with van der Waals surface area (Å²) in [6, 6.07) is 0.548. The summed E-state index contributed by atoms with van der Waals surface area (Å²) < 4.78 is 0.713. The summed E-state index contributed by atoms with van der Waals surface area (Å²) in [6.07, 6.45) is 3.83. The molecule has 1 aliphatic rings. The maximum absolute atomic E-state index is 12.0. The van der Waals surface area contributed by atoms with Gasteiger partial charge in [0.05, 0.1) is 0 Å². The molecule has 0 aliphatic carbocycles. The third kappa shape index (κ3) is 3.18. The molecule has 1 aromatic heterocycles. The molecule has 1 aliphatic heterocycles. The molecule has 0 aromatic carbocycles. The highest BCUT2D eigenvalue weighted by Crippen LogP contribution is 2.18. The minimum absolute atomic E-state index is 0.0805. The van der Waals surface area contributed by atoms with E-state index in [0.717, 1.165) is 19.4 Å². The first-order valence-electron chi connectivity index (χ1n) is 5.85. The SMILES string of the molecule is C=C[C@H]1CC(NC(=O)c2nc(Br)cs2)CCN1C. The predicted molar refractivity (Wildman–Crippen MR) is 76.9 cm³/mol. The molecule has 98 valence electrons. The first kappa shape index (κ1) is 13.7. The molecule has 4 nitrogen and oxygen atoms in total. The van der Waals surface area contributed by atoms with Gasteiger partial charge in [-0.2, -0.15) is 0 Å². The van der Waals surface area contributed by atoms with Crippen molar-refractivity contribution in [2.24, 2.45) is 0 Å². The fourth-order valence-corrected chi connectivity index (χ4v) is 3.28. The van der Waals surface area contributed by atoms with E-state index in [4.69, 9.17) is 0 Å². The minimum Gasteiger partial charge on any atom is -0.347 e. The monoisotopic (exact) mass is 329 g/mol. The molecule has 2 atom stereocenters. The van der Waals surface area contributed by atoms with Gasteiger partial charge < -0.3 is 5.32 Å². The number of likely N-dealkylation sites (N-methyl/N-ethyl adjacent to an activating group) is 1. The van der Waals surface area contributed by atoms with Gasteiger partial charge in [-0.15, -0.1) is 17.9 Å². The van der Waals surface area contributed by atoms with Gasteiger partial charge in [0.25, 0.3) is 5.91 Å². The van der Waals surface area contributed by atoms with E-state index in [9.17, 15) is 4.79 Å². The second-order valence-corrected chi connectivity index (χ2v) is 6.12. The number of likely N-dealkylation sites (tertiary alicyclic amines) is 1. The second-order valence-electron chi connectivity index (χ2n) is 4.45. The van der Waals surface area contributed by atoms with Gasteiger partial charge in [-0.05, 0) is 35.8 Å². The third-order valence-electron chi connectivity index (χ3n) is 3.20. The maximum Gasteiger partial charge on any atom is 0.280 e. The van der Waals surface area contributed by atoms with Gasteiger partial charge in [0.2, 0.25) is 0 Å². The van der Waals surface area contributed by atoms with Crippen LogP contribution in [0.3, 0.4) is 0 Å². The number of halogens is 1. The van der Waals surface area contributed by atoms with Gasteiger partial charge >= 0.3 is 0 Å². The maximum atomic E-state index is 12.0. The van der Waals surface area contributed by atoms with Crippen molar-refractivity contribution in [2.45, 2.75) is 24.9 Å². The molecule has 0 spiro atoms. The van der Waals surface area contributed by atoms with E-state index in [1.807, 2.05) is 11.5 Å². The molecule has 1 amide bonds. The molecule has 1 N–H and O–H groups in total. The average Bonchev–Trinajstić information content (AvgIpc) is 2.78. The van der Waals surface area contributed by atoms with Gasteiger partial charge in [-0.25, -0.2) is 4.98 Å². The number of hydrogen-bond donors (Lipinski definition) is 1. The molecule has 0 radical (unpaired) electrons. The van der Waals surface area contributed by atoms with E-state index < -0.39 is 0 Å². The Labute approximate surface area is 119 Å². The molecule has 1 fully saturated rings. The number of rotatable bonds is 3. The van der Waals surface area contributed by atoms with Gasteiger partial charge in [-0.1, -0.05) is 6.08 Å². The first-order valence-corrected chi connectivity index (χ1v) is 7.52. The zero-order chi connectivity index (χ0) is 13.1. The van der Waals surface area contributed by atoms with Crippen molar-refractivity contribution in [1.29, 1.82) is 0 Å². The number of hydrogen-bond acceptors (Lipinski definition) is 4. The molecule has 6 heteroatoms. The Balaban J connectivity index is 1.94. The van der Waals surface area contributed by atoms with Crippen molar-refractivity contribution in [3.63, 3.8) is 0 Å². The molecule has 2 rings (SSSR count). The normalized spacial score (nSPS) is 24.8. The number of nitrogens with one attached hydrogen (secondary N) is 1. The Morgan fingerprint density at radius 2 is 2.56 bits per heavy atom. The van der Waals surface area contributed by atoms with Crippen LogP contribution < -0.4 is 5.32 Å². The highest BCUT2D eigenvalue weighted by molar-refractivity contribution is 9.10. The summed E-state index contributed by atoms with van der Waals surface area (Å²) in [5, 5.41) is 5.37. The molecule has 0 saturated carbocycles. The first-order chi connectivity index (χ1) is 8.60. The second kappa shape index (κ2) is 5.95. The van der Waals surface area contributed by atoms with E-state index in [1.54, 1.807) is 0 Å². The molecule has 18 heavy (non-hydrogen) atoms. The molecule has 0 bridgehead atoms. The highest BCUT2D eigenvalue weighted by atomic mass is 79.9. The zero-order valence-corrected chi connectivity index (χ0v) is 12.6. The van der Waals surface area contributed by atoms with Crippen LogP contribution in [0.2, 0.25) is 0 Å². The van der Waals surface area contributed by atoms with Gasteiger partial charge in [-0.3, -0.25) is 9.69 Å². The molecule has 1 saturated heterocycles. The smallest absolute Gasteiger partial charge is 0.280 e. The van der Waals surface area contributed by atoms with Crippen molar-refractivity contribution >= 4 is 33.2 Å². The number of amides is 1. The van der Waals surface area contributed by atoms with Crippen molar-refractivity contribution in [1.82, 2.24) is 15.2 Å². The van der Waals surface area contributed by atoms with Crippen LogP contribution in [0.25, 0.3) is 0 Å². The molecular formula is C12H16BrN3OS. The number of carbonyl (C=O) groups is 1. The van der Waals surface area contributed by atoms with Gasteiger partial charge in [0, 0.05) is 24.0 Å². The minimum atomic E-state index is -0.0805. The van der Waals surface area contributed by atoms with Crippen molar-refractivity contribution in [3.8, 4) is 0 Å². The average molecular weight is 330 g/mol. The van der Waals surface area contributed by atoms with Crippen LogP contribution in [0.15, 0.2) is 22.6 Å². The topological polar surface area (TPSA) is 45.2 Å². The molecule has 2 heterocycles. The predicted octanol–water partition coefficient (Wildman–Crippen LogP) is 2.28. The van der Waals surface area contributed by atoms with E-state index >= 15 is 0 Å². The van der Waals surface area contributed by atoms with Crippen LogP contribution in [0.5, 0.6) is 0 Å². The summed E-state index contributed by atoms with van der Waals surface area (Å²) >= 11 is 4.61. The summed E-state index contributed by atoms with van der Waals surface area (Å²) in [6.45, 7) is 4.81. The Hall–Kier alpha value is -0.720. The fraction of sp³-hybridized carbons (Fsp3) is 0.500. The standard InChI is InChI=1S/C12H16BrN3OS/c1-3-9-6-8(4-5-16(9)2)14-11(17)12-15-10(13)7-18-12/h3,7-9H,1,4-6H2,2H3,(H,14,17)/t8?,9-/m0/s1. The lowest BCUT2D eigenvalue weighted by molar-refractivity contribution is 0.0904. The Bertz CT molecular complexity index is 448. The largest absolute Gasteiger partial charge is 0.347 e. The Kier molecular flexibility index (Phi) is 4.53. The van der Waals surface area contributed by atoms with Crippen LogP contribution in [0.4, 0.5) is 0 Å². The van der Waals surface area contributed by atoms with Gasteiger partial charge in [0.15, 0.2) is 5.01 Å². The quantitative estimate of drug-likeness (QED) is 0.865. The number of aromatic nitrogens is 1. The van der Waals surface area contributed by atoms with Crippen LogP contribution >= 0.6 is 27.3 Å². The summed E-state index contributed by atoms with van der Waals surface area (Å²) in [5.41, 5.74) is 0. The van der Waals surface area contributed by atoms with E-state index in [0.29, 0.717) is 15.7 Å². The highest BCUT2D eigenvalue weighted by Gasteiger charge is 2.25. The summed E-state index contributed by atoms with van der Waals surface area (Å²) in [4.78, 5) is 18.4. The number of thiazole rings is 1. The Morgan fingerprint density at radius 1 is 1.78 bits per heavy atom. The van der Waals surface area contributed by atoms with Gasteiger partial charge in [0.1, 0.15) is 4.60 Å². The van der Waals surface area contributed by atoms with Crippen LogP contribution in [0.1, 0.15) is 22.6 Å². The van der Waals surface area contributed by atoms with E-state index in [2.05, 4.69) is 44.8 Å². The zero-order valence-electron chi connectivity index (χ0n) is 10.2. The van der Waals surface area contributed by atoms with Crippen molar-refractivity contribution in [2.75, 3.05) is 13.6 Å². The van der Waals surface area contributed by atoms with Crippen molar-refractivity contribution in [3.05, 3.63) is 27.6 Å².